The van der Waals surface area contributed by atoms with Crippen LogP contribution in [-0.4, -0.2) is 58.9 Å². The van der Waals surface area contributed by atoms with Crippen molar-refractivity contribution < 1.29 is 4.39 Å². The minimum absolute atomic E-state index is 0.340. The highest BCUT2D eigenvalue weighted by molar-refractivity contribution is 6.35. The molecule has 0 saturated carbocycles. The molecule has 5 rings (SSSR count). The van der Waals surface area contributed by atoms with Gasteiger partial charge in [-0.25, -0.2) is 14.4 Å². The summed E-state index contributed by atoms with van der Waals surface area (Å²) in [6.07, 6.45) is 7.78. The fourth-order valence-corrected chi connectivity index (χ4v) is 4.10. The molecule has 0 aliphatic carbocycles. The first kappa shape index (κ1) is 22.4. The summed E-state index contributed by atoms with van der Waals surface area (Å²) in [4.78, 5) is 13.3. The van der Waals surface area contributed by atoms with Gasteiger partial charge in [-0.15, -0.1) is 0 Å². The van der Waals surface area contributed by atoms with E-state index in [0.717, 1.165) is 11.1 Å². The van der Waals surface area contributed by atoms with Crippen molar-refractivity contribution in [3.63, 3.8) is 0 Å². The third-order valence-electron chi connectivity index (χ3n) is 5.67. The van der Waals surface area contributed by atoms with Gasteiger partial charge in [0.05, 0.1) is 22.6 Å². The van der Waals surface area contributed by atoms with E-state index in [2.05, 4.69) is 27.0 Å². The summed E-state index contributed by atoms with van der Waals surface area (Å²) in [5, 5.41) is 6.13. The molecule has 4 aromatic rings. The lowest BCUT2D eigenvalue weighted by Crippen LogP contribution is -2.24. The number of aryl methyl sites for hydroxylation is 1. The Morgan fingerprint density at radius 1 is 1.03 bits per heavy atom. The molecule has 168 valence electrons. The van der Waals surface area contributed by atoms with E-state index in [9.17, 15) is 4.39 Å². The third kappa shape index (κ3) is 4.84. The first-order chi connectivity index (χ1) is 15.3. The molecule has 1 saturated heterocycles. The van der Waals surface area contributed by atoms with Gasteiger partial charge in [-0.1, -0.05) is 18.0 Å². The second-order valence-electron chi connectivity index (χ2n) is 8.51. The molecule has 0 unspecified atom stereocenters. The van der Waals surface area contributed by atoms with Crippen molar-refractivity contribution in [2.75, 3.05) is 39.1 Å². The van der Waals surface area contributed by atoms with Gasteiger partial charge in [0.1, 0.15) is 5.52 Å². The van der Waals surface area contributed by atoms with Crippen LogP contribution < -0.4 is 4.90 Å². The van der Waals surface area contributed by atoms with Crippen molar-refractivity contribution in [2.45, 2.75) is 19.3 Å². The SMILES string of the molecule is CN(C)c1cnc2nc(-c3cc(F)c4nn(C)cc4c3)cc(Cl)c2c1.CN1CCCCC1. The van der Waals surface area contributed by atoms with Crippen LogP contribution in [-0.2, 0) is 7.05 Å². The number of hydrogen-bond donors (Lipinski definition) is 0. The van der Waals surface area contributed by atoms with Crippen LogP contribution in [0.4, 0.5) is 10.1 Å². The monoisotopic (exact) mass is 454 g/mol. The van der Waals surface area contributed by atoms with Crippen LogP contribution in [0, 0.1) is 5.82 Å². The number of nitrogens with zero attached hydrogens (tertiary/aromatic N) is 6. The van der Waals surface area contributed by atoms with Crippen LogP contribution >= 0.6 is 11.6 Å². The lowest BCUT2D eigenvalue weighted by molar-refractivity contribution is 0.277. The standard InChI is InChI=1S/C18H15ClFN5.C6H13N/c1-24(2)12-6-13-14(19)7-16(22-18(13)21-8-12)10-4-11-9-25(3)23-17(11)15(20)5-10;1-7-5-3-2-4-6-7/h4-9H,1-3H3;2-6H2,1H3. The molecular weight excluding hydrogens is 427 g/mol. The Labute approximate surface area is 192 Å². The molecule has 1 aliphatic rings. The van der Waals surface area contributed by atoms with Crippen molar-refractivity contribution in [3.05, 3.63) is 47.5 Å². The Kier molecular flexibility index (Phi) is 6.58. The summed E-state index contributed by atoms with van der Waals surface area (Å²) in [6.45, 7) is 2.64. The van der Waals surface area contributed by atoms with E-state index in [4.69, 9.17) is 11.6 Å². The van der Waals surface area contributed by atoms with Crippen molar-refractivity contribution >= 4 is 39.2 Å². The maximum Gasteiger partial charge on any atom is 0.161 e. The smallest absolute Gasteiger partial charge is 0.161 e. The molecular formula is C24H28ClFN6. The molecule has 1 aliphatic heterocycles. The van der Waals surface area contributed by atoms with Crippen molar-refractivity contribution in [1.82, 2.24) is 24.6 Å². The quantitative estimate of drug-likeness (QED) is 0.419. The van der Waals surface area contributed by atoms with Gasteiger partial charge in [-0.3, -0.25) is 4.68 Å². The maximum absolute atomic E-state index is 14.3. The average molecular weight is 455 g/mol. The van der Waals surface area contributed by atoms with E-state index >= 15 is 0 Å². The summed E-state index contributed by atoms with van der Waals surface area (Å²) >= 11 is 6.44. The minimum atomic E-state index is -0.387. The van der Waals surface area contributed by atoms with Crippen LogP contribution in [0.3, 0.4) is 0 Å². The van der Waals surface area contributed by atoms with E-state index in [1.54, 1.807) is 30.2 Å². The van der Waals surface area contributed by atoms with Gasteiger partial charge in [0, 0.05) is 43.7 Å². The number of aromatic nitrogens is 4. The summed E-state index contributed by atoms with van der Waals surface area (Å²) in [7, 11) is 7.82. The lowest BCUT2D eigenvalue weighted by Gasteiger charge is -2.20. The van der Waals surface area contributed by atoms with Gasteiger partial charge in [0.2, 0.25) is 0 Å². The zero-order valence-corrected chi connectivity index (χ0v) is 19.7. The van der Waals surface area contributed by atoms with Gasteiger partial charge in [-0.05, 0) is 57.2 Å². The number of benzene rings is 1. The number of pyridine rings is 2. The zero-order valence-electron chi connectivity index (χ0n) is 18.9. The molecule has 0 radical (unpaired) electrons. The molecule has 6 nitrogen and oxygen atoms in total. The molecule has 1 aromatic carbocycles. The van der Waals surface area contributed by atoms with E-state index in [1.807, 2.05) is 31.1 Å². The molecule has 1 fully saturated rings. The van der Waals surface area contributed by atoms with Crippen molar-refractivity contribution in [2.24, 2.45) is 7.05 Å². The number of anilines is 1. The Bertz CT molecular complexity index is 1250. The van der Waals surface area contributed by atoms with E-state index in [0.29, 0.717) is 32.8 Å². The highest BCUT2D eigenvalue weighted by Gasteiger charge is 2.13. The van der Waals surface area contributed by atoms with E-state index in [-0.39, 0.29) is 5.82 Å². The molecule has 0 bridgehead atoms. The van der Waals surface area contributed by atoms with Crippen LogP contribution in [0.5, 0.6) is 0 Å². The minimum Gasteiger partial charge on any atom is -0.376 e. The Hall–Kier alpha value is -2.77. The predicted octanol–water partition coefficient (Wildman–Crippen LogP) is 5.14. The summed E-state index contributed by atoms with van der Waals surface area (Å²) in [5.41, 5.74) is 3.02. The van der Waals surface area contributed by atoms with Crippen LogP contribution in [0.25, 0.3) is 33.2 Å². The van der Waals surface area contributed by atoms with Gasteiger partial charge in [0.15, 0.2) is 11.5 Å². The molecule has 3 aromatic heterocycles. The fourth-order valence-electron chi connectivity index (χ4n) is 3.86. The Balaban J connectivity index is 0.000000300. The van der Waals surface area contributed by atoms with Gasteiger partial charge >= 0.3 is 0 Å². The molecule has 0 atom stereocenters. The highest BCUT2D eigenvalue weighted by Crippen LogP contribution is 2.31. The molecule has 8 heteroatoms. The van der Waals surface area contributed by atoms with Gasteiger partial charge in [0.25, 0.3) is 0 Å². The van der Waals surface area contributed by atoms with Gasteiger partial charge < -0.3 is 9.80 Å². The van der Waals surface area contributed by atoms with Crippen LogP contribution in [0.1, 0.15) is 19.3 Å². The average Bonchev–Trinajstić information content (AvgIpc) is 3.15. The number of hydrogen-bond acceptors (Lipinski definition) is 5. The Morgan fingerprint density at radius 2 is 1.78 bits per heavy atom. The van der Waals surface area contributed by atoms with E-state index < -0.39 is 0 Å². The number of halogens is 2. The first-order valence-corrected chi connectivity index (χ1v) is 11.1. The number of piperidine rings is 1. The normalized spacial score (nSPS) is 14.4. The molecule has 0 N–H and O–H groups in total. The number of fused-ring (bicyclic) bond motifs is 2. The summed E-state index contributed by atoms with van der Waals surface area (Å²) in [5.74, 6) is -0.387. The first-order valence-electron chi connectivity index (χ1n) is 10.8. The maximum atomic E-state index is 14.3. The fraction of sp³-hybridized carbons (Fsp3) is 0.375. The largest absolute Gasteiger partial charge is 0.376 e. The summed E-state index contributed by atoms with van der Waals surface area (Å²) < 4.78 is 15.9. The topological polar surface area (TPSA) is 50.1 Å². The van der Waals surface area contributed by atoms with Gasteiger partial charge in [-0.2, -0.15) is 5.10 Å². The second kappa shape index (κ2) is 9.38. The van der Waals surface area contributed by atoms with Crippen LogP contribution in [0.2, 0.25) is 5.02 Å². The third-order valence-corrected chi connectivity index (χ3v) is 5.98. The molecule has 0 spiro atoms. The van der Waals surface area contributed by atoms with Crippen LogP contribution in [0.15, 0.2) is 36.7 Å². The van der Waals surface area contributed by atoms with Crippen molar-refractivity contribution in [1.29, 1.82) is 0 Å². The summed E-state index contributed by atoms with van der Waals surface area (Å²) in [6, 6.07) is 6.95. The number of rotatable bonds is 2. The second-order valence-corrected chi connectivity index (χ2v) is 8.92. The molecule has 32 heavy (non-hydrogen) atoms. The van der Waals surface area contributed by atoms with Crippen molar-refractivity contribution in [3.8, 4) is 11.3 Å². The molecule has 0 amide bonds. The lowest BCUT2D eigenvalue weighted by atomic mass is 10.1. The van der Waals surface area contributed by atoms with E-state index in [1.165, 1.54) is 38.4 Å². The number of likely N-dealkylation sites (tertiary alicyclic amines) is 1. The molecule has 4 heterocycles. The zero-order chi connectivity index (χ0) is 22.8. The Morgan fingerprint density at radius 3 is 2.44 bits per heavy atom. The highest BCUT2D eigenvalue weighted by atomic mass is 35.5. The predicted molar refractivity (Wildman–Crippen MR) is 130 cm³/mol.